The van der Waals surface area contributed by atoms with Gasteiger partial charge in [0.15, 0.2) is 0 Å². The molecule has 3 nitrogen and oxygen atoms in total. The third-order valence-electron chi connectivity index (χ3n) is 2.58. The molecule has 1 aliphatic rings. The van der Waals surface area contributed by atoms with Crippen LogP contribution in [-0.4, -0.2) is 42.8 Å². The lowest BCUT2D eigenvalue weighted by Gasteiger charge is -2.41. The molecular formula is C10H22N2O. The Morgan fingerprint density at radius 1 is 1.46 bits per heavy atom. The topological polar surface area (TPSA) is 38.5 Å². The fourth-order valence-electron chi connectivity index (χ4n) is 1.69. The van der Waals surface area contributed by atoms with Crippen LogP contribution in [-0.2, 0) is 4.74 Å². The molecule has 0 aromatic carbocycles. The van der Waals surface area contributed by atoms with Crippen molar-refractivity contribution in [2.75, 3.05) is 26.2 Å². The molecular weight excluding hydrogens is 164 g/mol. The molecule has 1 rings (SSSR count). The van der Waals surface area contributed by atoms with Crippen molar-refractivity contribution in [2.45, 2.75) is 38.8 Å². The fourth-order valence-corrected chi connectivity index (χ4v) is 1.69. The van der Waals surface area contributed by atoms with Gasteiger partial charge in [-0.15, -0.1) is 0 Å². The van der Waals surface area contributed by atoms with E-state index in [1.54, 1.807) is 0 Å². The van der Waals surface area contributed by atoms with Gasteiger partial charge in [-0.3, -0.25) is 4.90 Å². The molecule has 0 aromatic rings. The third-order valence-corrected chi connectivity index (χ3v) is 2.58. The Bertz CT molecular complexity index is 151. The molecule has 0 spiro atoms. The number of hydrogen-bond acceptors (Lipinski definition) is 3. The quantitative estimate of drug-likeness (QED) is 0.694. The minimum Gasteiger partial charge on any atom is -0.376 e. The van der Waals surface area contributed by atoms with Gasteiger partial charge in [0.05, 0.1) is 12.7 Å². The molecule has 3 heteroatoms. The van der Waals surface area contributed by atoms with Gasteiger partial charge in [-0.25, -0.2) is 0 Å². The molecule has 13 heavy (non-hydrogen) atoms. The van der Waals surface area contributed by atoms with Crippen molar-refractivity contribution in [3.05, 3.63) is 0 Å². The van der Waals surface area contributed by atoms with Crippen LogP contribution in [0.15, 0.2) is 0 Å². The van der Waals surface area contributed by atoms with Gasteiger partial charge in [0, 0.05) is 18.6 Å². The van der Waals surface area contributed by atoms with Gasteiger partial charge in [0.25, 0.3) is 0 Å². The van der Waals surface area contributed by atoms with Crippen molar-refractivity contribution >= 4 is 0 Å². The Labute approximate surface area is 81.2 Å². The van der Waals surface area contributed by atoms with Crippen molar-refractivity contribution in [1.29, 1.82) is 0 Å². The van der Waals surface area contributed by atoms with Crippen LogP contribution in [0.5, 0.6) is 0 Å². The normalized spacial score (nSPS) is 26.3. The summed E-state index contributed by atoms with van der Waals surface area (Å²) >= 11 is 0. The monoisotopic (exact) mass is 186 g/mol. The van der Waals surface area contributed by atoms with E-state index in [9.17, 15) is 0 Å². The van der Waals surface area contributed by atoms with E-state index in [1.807, 2.05) is 0 Å². The minimum absolute atomic E-state index is 0.261. The highest BCUT2D eigenvalue weighted by atomic mass is 16.5. The van der Waals surface area contributed by atoms with Crippen LogP contribution >= 0.6 is 0 Å². The van der Waals surface area contributed by atoms with E-state index in [0.29, 0.717) is 6.10 Å². The second kappa shape index (κ2) is 4.40. The summed E-state index contributed by atoms with van der Waals surface area (Å²) in [7, 11) is 0. The molecule has 2 N–H and O–H groups in total. The predicted octanol–water partition coefficient (Wildman–Crippen LogP) is 0.834. The van der Waals surface area contributed by atoms with E-state index in [-0.39, 0.29) is 5.54 Å². The van der Waals surface area contributed by atoms with Gasteiger partial charge in [-0.05, 0) is 33.7 Å². The number of nitrogens with two attached hydrogens (primary N) is 1. The van der Waals surface area contributed by atoms with Gasteiger partial charge in [-0.2, -0.15) is 0 Å². The highest BCUT2D eigenvalue weighted by Crippen LogP contribution is 2.18. The largest absolute Gasteiger partial charge is 0.376 e. The van der Waals surface area contributed by atoms with Crippen LogP contribution in [0, 0.1) is 0 Å². The molecule has 0 bridgehead atoms. The lowest BCUT2D eigenvalue weighted by atomic mass is 10.0. The zero-order chi connectivity index (χ0) is 9.90. The zero-order valence-corrected chi connectivity index (χ0v) is 9.05. The zero-order valence-electron chi connectivity index (χ0n) is 9.05. The van der Waals surface area contributed by atoms with E-state index in [2.05, 4.69) is 25.7 Å². The van der Waals surface area contributed by atoms with Crippen LogP contribution in [0.3, 0.4) is 0 Å². The summed E-state index contributed by atoms with van der Waals surface area (Å²) < 4.78 is 5.62. The van der Waals surface area contributed by atoms with Crippen molar-refractivity contribution in [2.24, 2.45) is 5.73 Å². The first-order chi connectivity index (χ1) is 6.04. The summed E-state index contributed by atoms with van der Waals surface area (Å²) in [4.78, 5) is 2.47. The predicted molar refractivity (Wildman–Crippen MR) is 54.7 cm³/mol. The van der Waals surface area contributed by atoms with Crippen molar-refractivity contribution in [3.8, 4) is 0 Å². The second-order valence-corrected chi connectivity index (χ2v) is 4.69. The fraction of sp³-hybridized carbons (Fsp3) is 1.00. The number of nitrogens with zero attached hydrogens (tertiary/aromatic N) is 1. The molecule has 0 aliphatic carbocycles. The molecule has 1 unspecified atom stereocenters. The molecule has 1 heterocycles. The Kier molecular flexibility index (Phi) is 3.71. The van der Waals surface area contributed by atoms with E-state index < -0.39 is 0 Å². The van der Waals surface area contributed by atoms with Crippen LogP contribution in [0.4, 0.5) is 0 Å². The first-order valence-electron chi connectivity index (χ1n) is 5.11. The van der Waals surface area contributed by atoms with Crippen LogP contribution in [0.2, 0.25) is 0 Å². The lowest BCUT2D eigenvalue weighted by Crippen LogP contribution is -2.51. The molecule has 1 fully saturated rings. The van der Waals surface area contributed by atoms with Gasteiger partial charge < -0.3 is 10.5 Å². The molecule has 1 saturated heterocycles. The SMILES string of the molecule is CC(C)(C)N1CCOC(CCN)C1. The number of rotatable bonds is 2. The van der Waals surface area contributed by atoms with Gasteiger partial charge in [-0.1, -0.05) is 0 Å². The third kappa shape index (κ3) is 3.25. The summed E-state index contributed by atoms with van der Waals surface area (Å²) in [6, 6.07) is 0. The second-order valence-electron chi connectivity index (χ2n) is 4.69. The van der Waals surface area contributed by atoms with Crippen LogP contribution in [0.25, 0.3) is 0 Å². The van der Waals surface area contributed by atoms with Gasteiger partial charge in [0.1, 0.15) is 0 Å². The Hall–Kier alpha value is -0.120. The number of ether oxygens (including phenoxy) is 1. The first-order valence-corrected chi connectivity index (χ1v) is 5.11. The average molecular weight is 186 g/mol. The maximum atomic E-state index is 5.62. The average Bonchev–Trinajstić information content (AvgIpc) is 2.04. The number of hydrogen-bond donors (Lipinski definition) is 1. The smallest absolute Gasteiger partial charge is 0.0714 e. The minimum atomic E-state index is 0.261. The molecule has 1 aliphatic heterocycles. The maximum absolute atomic E-state index is 5.62. The summed E-state index contributed by atoms with van der Waals surface area (Å²) in [5.41, 5.74) is 5.78. The van der Waals surface area contributed by atoms with Crippen molar-refractivity contribution < 1.29 is 4.74 Å². The molecule has 0 amide bonds. The summed E-state index contributed by atoms with van der Waals surface area (Å²) in [5.74, 6) is 0. The lowest BCUT2D eigenvalue weighted by molar-refractivity contribution is -0.0596. The first kappa shape index (κ1) is 11.0. The van der Waals surface area contributed by atoms with Crippen molar-refractivity contribution in [3.63, 3.8) is 0 Å². The maximum Gasteiger partial charge on any atom is 0.0714 e. The standard InChI is InChI=1S/C10H22N2O/c1-10(2,3)12-6-7-13-9(8-12)4-5-11/h9H,4-8,11H2,1-3H3. The Morgan fingerprint density at radius 2 is 2.15 bits per heavy atom. The summed E-state index contributed by atoms with van der Waals surface area (Å²) in [6.45, 7) is 10.4. The van der Waals surface area contributed by atoms with Gasteiger partial charge >= 0.3 is 0 Å². The molecule has 1 atom stereocenters. The Morgan fingerprint density at radius 3 is 2.69 bits per heavy atom. The molecule has 78 valence electrons. The van der Waals surface area contributed by atoms with Crippen molar-refractivity contribution in [1.82, 2.24) is 4.90 Å². The summed E-state index contributed by atoms with van der Waals surface area (Å²) in [5, 5.41) is 0. The van der Waals surface area contributed by atoms with E-state index in [4.69, 9.17) is 10.5 Å². The van der Waals surface area contributed by atoms with E-state index in [0.717, 1.165) is 32.7 Å². The molecule has 0 saturated carbocycles. The Balaban J connectivity index is 2.42. The molecule has 0 aromatic heterocycles. The molecule has 0 radical (unpaired) electrons. The number of morpholine rings is 1. The van der Waals surface area contributed by atoms with Crippen LogP contribution < -0.4 is 5.73 Å². The highest BCUT2D eigenvalue weighted by molar-refractivity contribution is 4.81. The highest BCUT2D eigenvalue weighted by Gasteiger charge is 2.27. The van der Waals surface area contributed by atoms with E-state index in [1.165, 1.54) is 0 Å². The van der Waals surface area contributed by atoms with E-state index >= 15 is 0 Å². The van der Waals surface area contributed by atoms with Gasteiger partial charge in [0.2, 0.25) is 0 Å². The summed E-state index contributed by atoms with van der Waals surface area (Å²) in [6.07, 6.45) is 1.32. The van der Waals surface area contributed by atoms with Crippen LogP contribution in [0.1, 0.15) is 27.2 Å².